The molecule has 0 saturated carbocycles. The van der Waals surface area contributed by atoms with Crippen molar-refractivity contribution in [3.05, 3.63) is 82.5 Å². The maximum absolute atomic E-state index is 6.45. The smallest absolute Gasteiger partial charge is 0.153 e. The standard InChI is InChI=1S/C23H14Cl2O/c1-13-20-16-9-5-6-10-17(16)21(14-7-3-2-4-8-14)22(20)18-11-15(24)12-19(25)23(18)26-13/h2-12H,1H3. The summed E-state index contributed by atoms with van der Waals surface area (Å²) < 4.78 is 6.13. The van der Waals surface area contributed by atoms with Crippen LogP contribution in [-0.4, -0.2) is 0 Å². The fraction of sp³-hybridized carbons (Fsp3) is 0.0435. The van der Waals surface area contributed by atoms with Gasteiger partial charge in [-0.2, -0.15) is 0 Å². The molecular weight excluding hydrogens is 363 g/mol. The summed E-state index contributed by atoms with van der Waals surface area (Å²) in [6.45, 7) is 1.99. The van der Waals surface area contributed by atoms with Crippen LogP contribution in [0.3, 0.4) is 0 Å². The fourth-order valence-corrected chi connectivity index (χ4v) is 4.44. The molecule has 1 aliphatic carbocycles. The lowest BCUT2D eigenvalue weighted by Gasteiger charge is -2.13. The lowest BCUT2D eigenvalue weighted by molar-refractivity contribution is 0.569. The molecule has 5 rings (SSSR count). The Morgan fingerprint density at radius 1 is 0.692 bits per heavy atom. The van der Waals surface area contributed by atoms with Crippen LogP contribution in [0.15, 0.2) is 71.1 Å². The highest BCUT2D eigenvalue weighted by molar-refractivity contribution is 6.39. The monoisotopic (exact) mass is 376 g/mol. The van der Waals surface area contributed by atoms with Crippen molar-refractivity contribution in [3.8, 4) is 22.3 Å². The van der Waals surface area contributed by atoms with Crippen LogP contribution in [-0.2, 0) is 0 Å². The number of aryl methyl sites for hydroxylation is 1. The summed E-state index contributed by atoms with van der Waals surface area (Å²) in [5, 5.41) is 4.46. The van der Waals surface area contributed by atoms with Crippen LogP contribution in [0, 0.1) is 6.92 Å². The molecule has 0 amide bonds. The third-order valence-corrected chi connectivity index (χ3v) is 5.41. The molecule has 0 spiro atoms. The molecule has 1 aliphatic heterocycles. The number of hydrogen-bond acceptors (Lipinski definition) is 1. The number of hydrogen-bond donors (Lipinski definition) is 0. The van der Waals surface area contributed by atoms with Gasteiger partial charge in [0.2, 0.25) is 0 Å². The van der Waals surface area contributed by atoms with Crippen molar-refractivity contribution in [2.24, 2.45) is 0 Å². The molecule has 1 heterocycles. The highest BCUT2D eigenvalue weighted by atomic mass is 35.5. The van der Waals surface area contributed by atoms with Gasteiger partial charge >= 0.3 is 0 Å². The second-order valence-corrected chi connectivity index (χ2v) is 7.30. The van der Waals surface area contributed by atoms with Crippen LogP contribution in [0.25, 0.3) is 44.0 Å². The normalized spacial score (nSPS) is 11.7. The molecule has 0 unspecified atom stereocenters. The Morgan fingerprint density at radius 2 is 1.35 bits per heavy atom. The maximum atomic E-state index is 6.45. The van der Waals surface area contributed by atoms with Crippen LogP contribution in [0.1, 0.15) is 5.76 Å². The average Bonchev–Trinajstić information content (AvgIpc) is 3.00. The van der Waals surface area contributed by atoms with Gasteiger partial charge in [-0.3, -0.25) is 0 Å². The molecule has 0 aromatic heterocycles. The van der Waals surface area contributed by atoms with E-state index in [1.54, 1.807) is 6.07 Å². The number of fused-ring (bicyclic) bond motifs is 5. The minimum Gasteiger partial charge on any atom is -0.459 e. The van der Waals surface area contributed by atoms with Gasteiger partial charge in [-0.05, 0) is 41.0 Å². The number of rotatable bonds is 1. The molecule has 0 fully saturated rings. The molecule has 0 bridgehead atoms. The van der Waals surface area contributed by atoms with Crippen molar-refractivity contribution in [1.29, 1.82) is 0 Å². The highest BCUT2D eigenvalue weighted by Crippen LogP contribution is 2.51. The molecule has 3 heteroatoms. The Labute approximate surface area is 161 Å². The Hall–Kier alpha value is -2.48. The van der Waals surface area contributed by atoms with Crippen molar-refractivity contribution in [2.75, 3.05) is 0 Å². The van der Waals surface area contributed by atoms with Gasteiger partial charge in [-0.25, -0.2) is 0 Å². The van der Waals surface area contributed by atoms with E-state index < -0.39 is 0 Å². The first-order valence-corrected chi connectivity index (χ1v) is 9.18. The molecule has 1 nitrogen and oxygen atoms in total. The second-order valence-electron chi connectivity index (χ2n) is 6.46. The van der Waals surface area contributed by atoms with Crippen molar-refractivity contribution in [1.82, 2.24) is 0 Å². The largest absolute Gasteiger partial charge is 0.459 e. The molecule has 26 heavy (non-hydrogen) atoms. The molecule has 0 atom stereocenters. The predicted octanol–water partition coefficient (Wildman–Crippen LogP) is 7.97. The maximum Gasteiger partial charge on any atom is 0.153 e. The SMILES string of the molecule is Cc1oc2c(Cl)cc(Cl)cc2c2c(-c3ccccc3)c3ccccc3c1-2. The van der Waals surface area contributed by atoms with E-state index in [1.807, 2.05) is 19.1 Å². The third kappa shape index (κ3) is 2.18. The van der Waals surface area contributed by atoms with Gasteiger partial charge in [0.25, 0.3) is 0 Å². The minimum atomic E-state index is 0.529. The Kier molecular flexibility index (Phi) is 3.49. The van der Waals surface area contributed by atoms with E-state index in [4.69, 9.17) is 27.6 Å². The summed E-state index contributed by atoms with van der Waals surface area (Å²) in [5.74, 6) is 0.857. The third-order valence-electron chi connectivity index (χ3n) is 4.91. The van der Waals surface area contributed by atoms with Crippen LogP contribution < -0.4 is 0 Å². The first-order valence-electron chi connectivity index (χ1n) is 8.43. The number of benzene rings is 3. The lowest BCUT2D eigenvalue weighted by Crippen LogP contribution is -1.88. The molecular formula is C23H14Cl2O. The van der Waals surface area contributed by atoms with E-state index >= 15 is 0 Å². The minimum absolute atomic E-state index is 0.529. The second kappa shape index (κ2) is 5.77. The molecule has 3 aromatic rings. The van der Waals surface area contributed by atoms with Crippen LogP contribution >= 0.6 is 23.2 Å². The van der Waals surface area contributed by atoms with Crippen molar-refractivity contribution < 1.29 is 4.42 Å². The van der Waals surface area contributed by atoms with Gasteiger partial charge in [-0.15, -0.1) is 0 Å². The summed E-state index contributed by atoms with van der Waals surface area (Å²) in [7, 11) is 0. The summed E-state index contributed by atoms with van der Waals surface area (Å²) in [6.07, 6.45) is 0. The fourth-order valence-electron chi connectivity index (χ4n) is 3.91. The highest BCUT2D eigenvalue weighted by Gasteiger charge is 2.25. The molecule has 3 aromatic carbocycles. The first-order chi connectivity index (χ1) is 12.6. The van der Waals surface area contributed by atoms with Gasteiger partial charge in [0.1, 0.15) is 5.76 Å². The number of halogens is 2. The molecule has 0 saturated heterocycles. The van der Waals surface area contributed by atoms with E-state index in [0.29, 0.717) is 15.6 Å². The first kappa shape index (κ1) is 15.7. The topological polar surface area (TPSA) is 13.1 Å². The lowest BCUT2D eigenvalue weighted by atomic mass is 9.96. The molecule has 2 aliphatic rings. The van der Waals surface area contributed by atoms with Crippen molar-refractivity contribution in [3.63, 3.8) is 0 Å². The summed E-state index contributed by atoms with van der Waals surface area (Å²) in [4.78, 5) is 0. The van der Waals surface area contributed by atoms with Crippen molar-refractivity contribution in [2.45, 2.75) is 6.92 Å². The summed E-state index contributed by atoms with van der Waals surface area (Å²) >= 11 is 12.8. The van der Waals surface area contributed by atoms with Gasteiger partial charge in [-0.1, -0.05) is 77.8 Å². The van der Waals surface area contributed by atoms with Crippen LogP contribution in [0.4, 0.5) is 0 Å². The average molecular weight is 377 g/mol. The van der Waals surface area contributed by atoms with E-state index in [2.05, 4.69) is 48.5 Å². The van der Waals surface area contributed by atoms with Crippen LogP contribution in [0.5, 0.6) is 0 Å². The van der Waals surface area contributed by atoms with E-state index in [0.717, 1.165) is 22.3 Å². The Morgan fingerprint density at radius 3 is 2.08 bits per heavy atom. The zero-order chi connectivity index (χ0) is 17.8. The Bertz CT molecular complexity index is 1250. The van der Waals surface area contributed by atoms with Crippen LogP contribution in [0.2, 0.25) is 10.0 Å². The molecule has 0 N–H and O–H groups in total. The van der Waals surface area contributed by atoms with E-state index in [1.165, 1.54) is 21.9 Å². The summed E-state index contributed by atoms with van der Waals surface area (Å²) in [6, 6.07) is 22.5. The van der Waals surface area contributed by atoms with Gasteiger partial charge in [0.15, 0.2) is 5.58 Å². The van der Waals surface area contributed by atoms with Crippen molar-refractivity contribution >= 4 is 44.9 Å². The Balaban J connectivity index is 2.10. The summed E-state index contributed by atoms with van der Waals surface area (Å²) in [5.41, 5.74) is 5.29. The predicted molar refractivity (Wildman–Crippen MR) is 111 cm³/mol. The van der Waals surface area contributed by atoms with Gasteiger partial charge in [0.05, 0.1) is 5.02 Å². The zero-order valence-corrected chi connectivity index (χ0v) is 15.5. The van der Waals surface area contributed by atoms with Gasteiger partial charge in [0, 0.05) is 21.5 Å². The quantitative estimate of drug-likeness (QED) is 0.289. The molecule has 0 radical (unpaired) electrons. The van der Waals surface area contributed by atoms with E-state index in [-0.39, 0.29) is 0 Å². The van der Waals surface area contributed by atoms with Gasteiger partial charge < -0.3 is 4.42 Å². The van der Waals surface area contributed by atoms with E-state index in [9.17, 15) is 0 Å². The zero-order valence-electron chi connectivity index (χ0n) is 14.0. The molecule has 126 valence electrons.